The molecule has 2 aliphatic rings. The average molecular weight is 394 g/mol. The highest BCUT2D eigenvalue weighted by atomic mass is 16.1. The van der Waals surface area contributed by atoms with Crippen molar-refractivity contribution in [2.24, 2.45) is 0 Å². The number of allylic oxidation sites excluding steroid dienone is 2. The second kappa shape index (κ2) is 7.30. The number of fused-ring (bicyclic) bond motifs is 2. The lowest BCUT2D eigenvalue weighted by Crippen LogP contribution is -2.36. The van der Waals surface area contributed by atoms with E-state index in [9.17, 15) is 9.59 Å². The van der Waals surface area contributed by atoms with Gasteiger partial charge in [0.2, 0.25) is 11.6 Å². The first-order valence-electron chi connectivity index (χ1n) is 10.3. The normalized spacial score (nSPS) is 17.6. The van der Waals surface area contributed by atoms with Gasteiger partial charge in [-0.25, -0.2) is 0 Å². The number of rotatable bonds is 3. The quantitative estimate of drug-likeness (QED) is 0.614. The molecule has 0 saturated carbocycles. The van der Waals surface area contributed by atoms with Crippen molar-refractivity contribution >= 4 is 22.9 Å². The molecule has 4 nitrogen and oxygen atoms in total. The minimum absolute atomic E-state index is 0.0596. The molecule has 1 unspecified atom stereocenters. The summed E-state index contributed by atoms with van der Waals surface area (Å²) >= 11 is 0. The fraction of sp³-hybridized carbons (Fsp3) is 0.154. The Morgan fingerprint density at radius 3 is 2.17 bits per heavy atom. The van der Waals surface area contributed by atoms with Gasteiger partial charge in [-0.2, -0.15) is 0 Å². The number of hydrogen-bond acceptors (Lipinski definition) is 4. The van der Waals surface area contributed by atoms with Crippen LogP contribution in [0.4, 0.5) is 11.4 Å². The first kappa shape index (κ1) is 18.4. The van der Waals surface area contributed by atoms with Crippen molar-refractivity contribution in [1.29, 1.82) is 0 Å². The van der Waals surface area contributed by atoms with Gasteiger partial charge < -0.3 is 10.2 Å². The van der Waals surface area contributed by atoms with E-state index >= 15 is 0 Å². The highest BCUT2D eigenvalue weighted by Gasteiger charge is 2.41. The molecular formula is C26H22N2O2. The van der Waals surface area contributed by atoms with Crippen LogP contribution in [0.25, 0.3) is 0 Å². The van der Waals surface area contributed by atoms with Crippen LogP contribution >= 0.6 is 0 Å². The van der Waals surface area contributed by atoms with E-state index < -0.39 is 0 Å². The summed E-state index contributed by atoms with van der Waals surface area (Å²) in [5, 5.41) is 3.34. The predicted octanol–water partition coefficient (Wildman–Crippen LogP) is 5.75. The molecular weight excluding hydrogens is 372 g/mol. The number of Topliss-reactive ketones (excluding diaryl/α,β-unsaturated/α-hetero) is 2. The van der Waals surface area contributed by atoms with Gasteiger partial charge in [0.1, 0.15) is 11.4 Å². The third kappa shape index (κ3) is 2.76. The van der Waals surface area contributed by atoms with Gasteiger partial charge in [-0.1, -0.05) is 74.0 Å². The molecule has 30 heavy (non-hydrogen) atoms. The number of para-hydroxylation sites is 2. The number of anilines is 2. The average Bonchev–Trinajstić information content (AvgIpc) is 2.94. The molecule has 4 heteroatoms. The maximum atomic E-state index is 13.7. The van der Waals surface area contributed by atoms with Crippen LogP contribution in [-0.4, -0.2) is 11.6 Å². The molecule has 3 aromatic rings. The summed E-state index contributed by atoms with van der Waals surface area (Å²) in [5.41, 5.74) is 4.57. The van der Waals surface area contributed by atoms with Crippen molar-refractivity contribution in [2.45, 2.75) is 25.8 Å². The minimum Gasteiger partial charge on any atom is -0.350 e. The molecule has 1 aliphatic heterocycles. The summed E-state index contributed by atoms with van der Waals surface area (Å²) in [6.45, 7) is 2.14. The van der Waals surface area contributed by atoms with Crippen LogP contribution in [0.1, 0.15) is 52.1 Å². The Hall–Kier alpha value is -3.66. The van der Waals surface area contributed by atoms with E-state index in [0.717, 1.165) is 29.8 Å². The SMILES string of the molecule is CCCC1c2ccccc2NC2=C(C(=O)c3ccccc3C2=O)N1c1ccccc1. The van der Waals surface area contributed by atoms with Crippen molar-refractivity contribution in [1.82, 2.24) is 0 Å². The minimum atomic E-state index is -0.145. The van der Waals surface area contributed by atoms with Gasteiger partial charge in [-0.3, -0.25) is 9.59 Å². The van der Waals surface area contributed by atoms with Crippen LogP contribution in [0, 0.1) is 0 Å². The molecule has 0 amide bonds. The molecule has 0 aromatic heterocycles. The summed E-state index contributed by atoms with van der Waals surface area (Å²) in [4.78, 5) is 29.3. The van der Waals surface area contributed by atoms with Gasteiger partial charge in [-0.15, -0.1) is 0 Å². The molecule has 148 valence electrons. The summed E-state index contributed by atoms with van der Waals surface area (Å²) in [6.07, 6.45) is 1.80. The van der Waals surface area contributed by atoms with Gasteiger partial charge in [0.25, 0.3) is 0 Å². The first-order chi connectivity index (χ1) is 14.7. The molecule has 1 heterocycles. The van der Waals surface area contributed by atoms with Crippen LogP contribution in [-0.2, 0) is 0 Å². The van der Waals surface area contributed by atoms with E-state index in [1.165, 1.54) is 0 Å². The van der Waals surface area contributed by atoms with Crippen molar-refractivity contribution in [3.05, 3.63) is 107 Å². The largest absolute Gasteiger partial charge is 0.350 e. The van der Waals surface area contributed by atoms with Crippen molar-refractivity contribution < 1.29 is 9.59 Å². The summed E-state index contributed by atoms with van der Waals surface area (Å²) in [6, 6.07) is 24.9. The van der Waals surface area contributed by atoms with Gasteiger partial charge >= 0.3 is 0 Å². The maximum absolute atomic E-state index is 13.7. The van der Waals surface area contributed by atoms with Crippen molar-refractivity contribution in [2.75, 3.05) is 10.2 Å². The lowest BCUT2D eigenvalue weighted by atomic mass is 9.89. The zero-order valence-corrected chi connectivity index (χ0v) is 16.8. The highest BCUT2D eigenvalue weighted by Crippen LogP contribution is 2.44. The molecule has 1 aliphatic carbocycles. The summed E-state index contributed by atoms with van der Waals surface area (Å²) in [7, 11) is 0. The zero-order valence-electron chi connectivity index (χ0n) is 16.8. The number of benzene rings is 3. The van der Waals surface area contributed by atoms with Crippen molar-refractivity contribution in [3.8, 4) is 0 Å². The van der Waals surface area contributed by atoms with Crippen LogP contribution in [0.2, 0.25) is 0 Å². The Labute approximate surface area is 175 Å². The topological polar surface area (TPSA) is 49.4 Å². The highest BCUT2D eigenvalue weighted by molar-refractivity contribution is 6.29. The lowest BCUT2D eigenvalue weighted by molar-refractivity contribution is 0.0972. The second-order valence-electron chi connectivity index (χ2n) is 7.65. The van der Waals surface area contributed by atoms with Crippen molar-refractivity contribution in [3.63, 3.8) is 0 Å². The van der Waals surface area contributed by atoms with Crippen LogP contribution in [0.3, 0.4) is 0 Å². The van der Waals surface area contributed by atoms with Gasteiger partial charge in [0.15, 0.2) is 0 Å². The smallest absolute Gasteiger partial charge is 0.212 e. The molecule has 0 radical (unpaired) electrons. The fourth-order valence-corrected chi connectivity index (χ4v) is 4.49. The Bertz CT molecular complexity index is 1180. The number of nitrogens with zero attached hydrogens (tertiary/aromatic N) is 1. The van der Waals surface area contributed by atoms with E-state index in [4.69, 9.17) is 0 Å². The van der Waals surface area contributed by atoms with Gasteiger partial charge in [-0.05, 0) is 30.2 Å². The fourth-order valence-electron chi connectivity index (χ4n) is 4.49. The molecule has 0 spiro atoms. The third-order valence-corrected chi connectivity index (χ3v) is 5.82. The number of carbonyl (C=O) groups excluding carboxylic acids is 2. The number of hydrogen-bond donors (Lipinski definition) is 1. The summed E-state index contributed by atoms with van der Waals surface area (Å²) < 4.78 is 0. The van der Waals surface area contributed by atoms with Gasteiger partial charge in [0, 0.05) is 22.5 Å². The molecule has 1 N–H and O–H groups in total. The predicted molar refractivity (Wildman–Crippen MR) is 119 cm³/mol. The number of carbonyl (C=O) groups is 2. The van der Waals surface area contributed by atoms with E-state index in [-0.39, 0.29) is 17.6 Å². The van der Waals surface area contributed by atoms with Crippen LogP contribution in [0.5, 0.6) is 0 Å². The van der Waals surface area contributed by atoms with Gasteiger partial charge in [0.05, 0.1) is 6.04 Å². The Morgan fingerprint density at radius 1 is 0.800 bits per heavy atom. The molecule has 5 rings (SSSR count). The molecule has 0 bridgehead atoms. The molecule has 3 aromatic carbocycles. The number of nitrogens with one attached hydrogen (secondary N) is 1. The van der Waals surface area contributed by atoms with E-state index in [0.29, 0.717) is 22.5 Å². The molecule has 1 atom stereocenters. The Balaban J connectivity index is 1.82. The zero-order chi connectivity index (χ0) is 20.7. The Kier molecular flexibility index (Phi) is 4.47. The standard InChI is InChI=1S/C26H22N2O2/c1-2-10-22-20-15-8-9-16-21(20)27-23-24(28(22)17-11-4-3-5-12-17)26(30)19-14-7-6-13-18(19)25(23)29/h3-9,11-16,22,27H,2,10H2,1H3. The lowest BCUT2D eigenvalue weighted by Gasteiger charge is -2.35. The van der Waals surface area contributed by atoms with E-state index in [2.05, 4.69) is 23.2 Å². The Morgan fingerprint density at radius 2 is 1.43 bits per heavy atom. The summed E-state index contributed by atoms with van der Waals surface area (Å²) in [5.74, 6) is -0.265. The monoisotopic (exact) mass is 394 g/mol. The van der Waals surface area contributed by atoms with Crippen LogP contribution < -0.4 is 10.2 Å². The van der Waals surface area contributed by atoms with E-state index in [1.54, 1.807) is 18.2 Å². The van der Waals surface area contributed by atoms with Crippen LogP contribution in [0.15, 0.2) is 90.3 Å². The second-order valence-corrected chi connectivity index (χ2v) is 7.65. The maximum Gasteiger partial charge on any atom is 0.212 e. The molecule has 0 saturated heterocycles. The first-order valence-corrected chi connectivity index (χ1v) is 10.3. The number of ketones is 2. The van der Waals surface area contributed by atoms with E-state index in [1.807, 2.05) is 54.6 Å². The molecule has 0 fully saturated rings. The third-order valence-electron chi connectivity index (χ3n) is 5.82.